The fraction of sp³-hybridized carbons (Fsp3) is 0.364. The van der Waals surface area contributed by atoms with Crippen molar-refractivity contribution in [1.29, 1.82) is 0 Å². The van der Waals surface area contributed by atoms with E-state index in [9.17, 15) is 10.2 Å². The summed E-state index contributed by atoms with van der Waals surface area (Å²) in [6, 6.07) is 19.1. The van der Waals surface area contributed by atoms with Crippen LogP contribution < -0.4 is 0 Å². The zero-order valence-electron chi connectivity index (χ0n) is 15.3. The van der Waals surface area contributed by atoms with Crippen LogP contribution in [-0.2, 0) is 5.60 Å². The number of hydrogen-bond donors (Lipinski definition) is 2. The lowest BCUT2D eigenvalue weighted by Gasteiger charge is -2.24. The van der Waals surface area contributed by atoms with E-state index in [1.807, 2.05) is 60.7 Å². The van der Waals surface area contributed by atoms with Crippen LogP contribution in [-0.4, -0.2) is 41.4 Å². The molecule has 0 saturated heterocycles. The first-order valence-electron chi connectivity index (χ1n) is 8.87. The van der Waals surface area contributed by atoms with E-state index < -0.39 is 5.60 Å². The second-order valence-electron chi connectivity index (χ2n) is 6.10. The van der Waals surface area contributed by atoms with Crippen LogP contribution >= 0.6 is 12.4 Å². The molecule has 3 nitrogen and oxygen atoms in total. The third-order valence-corrected chi connectivity index (χ3v) is 4.20. The molecule has 0 aromatic heterocycles. The predicted octanol–water partition coefficient (Wildman–Crippen LogP) is 3.44. The molecule has 0 heterocycles. The molecule has 0 aliphatic heterocycles. The van der Waals surface area contributed by atoms with Crippen molar-refractivity contribution in [3.63, 3.8) is 0 Å². The summed E-state index contributed by atoms with van der Waals surface area (Å²) in [5, 5.41) is 20.5. The van der Waals surface area contributed by atoms with Gasteiger partial charge in [-0.2, -0.15) is 0 Å². The molecule has 0 atom stereocenters. The second-order valence-corrected chi connectivity index (χ2v) is 6.10. The van der Waals surface area contributed by atoms with Crippen LogP contribution in [0.1, 0.15) is 30.9 Å². The maximum atomic E-state index is 11.3. The first-order valence-corrected chi connectivity index (χ1v) is 8.87. The van der Waals surface area contributed by atoms with Crippen molar-refractivity contribution < 1.29 is 10.2 Å². The minimum absolute atomic E-state index is 0. The first kappa shape index (κ1) is 22.2. The minimum Gasteiger partial charge on any atom is -0.395 e. The number of aliphatic hydroxyl groups is 2. The van der Waals surface area contributed by atoms with Crippen molar-refractivity contribution in [2.75, 3.05) is 26.2 Å². The number of benzene rings is 2. The zero-order valence-corrected chi connectivity index (χ0v) is 16.1. The molecule has 0 unspecified atom stereocenters. The monoisotopic (exact) mass is 373 g/mol. The second kappa shape index (κ2) is 11.7. The largest absolute Gasteiger partial charge is 0.395 e. The van der Waals surface area contributed by atoms with Crippen LogP contribution in [0, 0.1) is 11.8 Å². The van der Waals surface area contributed by atoms with Gasteiger partial charge in [-0.25, -0.2) is 0 Å². The molecule has 0 radical (unpaired) electrons. The quantitative estimate of drug-likeness (QED) is 0.696. The first-order chi connectivity index (χ1) is 12.2. The van der Waals surface area contributed by atoms with Gasteiger partial charge in [0.25, 0.3) is 0 Å². The molecule has 2 aromatic rings. The summed E-state index contributed by atoms with van der Waals surface area (Å²) in [5.74, 6) is 6.21. The molecule has 0 amide bonds. The number of halogens is 1. The van der Waals surface area contributed by atoms with E-state index in [1.165, 1.54) is 0 Å². The maximum Gasteiger partial charge on any atom is 0.176 e. The molecule has 140 valence electrons. The Labute approximate surface area is 163 Å². The van der Waals surface area contributed by atoms with E-state index in [0.717, 1.165) is 30.5 Å². The SMILES string of the molecule is CCCCN(CC#CC(O)(c1ccccc1)c1ccccc1)CCO.Cl. The molecule has 2 N–H and O–H groups in total. The summed E-state index contributed by atoms with van der Waals surface area (Å²) in [5.41, 5.74) is 0.185. The minimum atomic E-state index is -1.34. The smallest absolute Gasteiger partial charge is 0.176 e. The number of hydrogen-bond acceptors (Lipinski definition) is 3. The fourth-order valence-corrected chi connectivity index (χ4v) is 2.74. The summed E-state index contributed by atoms with van der Waals surface area (Å²) >= 11 is 0. The molecule has 0 fully saturated rings. The highest BCUT2D eigenvalue weighted by Gasteiger charge is 2.28. The molecule has 2 rings (SSSR count). The van der Waals surface area contributed by atoms with Crippen LogP contribution in [0.5, 0.6) is 0 Å². The number of nitrogens with zero attached hydrogens (tertiary/aromatic N) is 1. The zero-order chi connectivity index (χ0) is 18.0. The van der Waals surface area contributed by atoms with Crippen LogP contribution in [0.15, 0.2) is 60.7 Å². The van der Waals surface area contributed by atoms with Crippen LogP contribution in [0.2, 0.25) is 0 Å². The Morgan fingerprint density at radius 3 is 1.92 bits per heavy atom. The van der Waals surface area contributed by atoms with E-state index in [0.29, 0.717) is 13.1 Å². The Morgan fingerprint density at radius 2 is 1.46 bits per heavy atom. The van der Waals surface area contributed by atoms with Gasteiger partial charge in [-0.3, -0.25) is 4.90 Å². The Hall–Kier alpha value is -1.83. The van der Waals surface area contributed by atoms with E-state index in [-0.39, 0.29) is 19.0 Å². The van der Waals surface area contributed by atoms with Gasteiger partial charge in [-0.15, -0.1) is 12.4 Å². The number of unbranched alkanes of at least 4 members (excludes halogenated alkanes) is 1. The Bertz CT molecular complexity index is 640. The summed E-state index contributed by atoms with van der Waals surface area (Å²) < 4.78 is 0. The lowest BCUT2D eigenvalue weighted by Crippen LogP contribution is -2.29. The molecular formula is C22H28ClNO2. The van der Waals surface area contributed by atoms with E-state index in [1.54, 1.807) is 0 Å². The van der Waals surface area contributed by atoms with Gasteiger partial charge < -0.3 is 10.2 Å². The van der Waals surface area contributed by atoms with Gasteiger partial charge in [0.1, 0.15) is 0 Å². The van der Waals surface area contributed by atoms with Gasteiger partial charge in [0.2, 0.25) is 0 Å². The number of aliphatic hydroxyl groups excluding tert-OH is 1. The molecule has 0 saturated carbocycles. The fourth-order valence-electron chi connectivity index (χ4n) is 2.74. The summed E-state index contributed by atoms with van der Waals surface area (Å²) in [6.07, 6.45) is 2.18. The molecule has 0 aliphatic rings. The van der Waals surface area contributed by atoms with Crippen LogP contribution in [0.4, 0.5) is 0 Å². The van der Waals surface area contributed by atoms with E-state index >= 15 is 0 Å². The average molecular weight is 374 g/mol. The van der Waals surface area contributed by atoms with Gasteiger partial charge in [-0.1, -0.05) is 85.8 Å². The van der Waals surface area contributed by atoms with Gasteiger partial charge in [0.15, 0.2) is 5.60 Å². The summed E-state index contributed by atoms with van der Waals surface area (Å²) in [6.45, 7) is 4.30. The highest BCUT2D eigenvalue weighted by atomic mass is 35.5. The third-order valence-electron chi connectivity index (χ3n) is 4.20. The molecule has 0 spiro atoms. The van der Waals surface area contributed by atoms with E-state index in [4.69, 9.17) is 0 Å². The van der Waals surface area contributed by atoms with Crippen molar-refractivity contribution in [1.82, 2.24) is 4.90 Å². The Morgan fingerprint density at radius 1 is 0.923 bits per heavy atom. The lowest BCUT2D eigenvalue weighted by molar-refractivity contribution is 0.145. The third kappa shape index (κ3) is 6.16. The Kier molecular flexibility index (Phi) is 10.0. The van der Waals surface area contributed by atoms with Crippen LogP contribution in [0.3, 0.4) is 0 Å². The highest BCUT2D eigenvalue weighted by Crippen LogP contribution is 2.28. The van der Waals surface area contributed by atoms with Crippen molar-refractivity contribution in [2.45, 2.75) is 25.4 Å². The molecule has 4 heteroatoms. The normalized spacial score (nSPS) is 10.8. The molecular weight excluding hydrogens is 346 g/mol. The van der Waals surface area contributed by atoms with Gasteiger partial charge >= 0.3 is 0 Å². The lowest BCUT2D eigenvalue weighted by atomic mass is 9.87. The maximum absolute atomic E-state index is 11.3. The number of rotatable bonds is 8. The molecule has 2 aromatic carbocycles. The topological polar surface area (TPSA) is 43.7 Å². The highest BCUT2D eigenvalue weighted by molar-refractivity contribution is 5.85. The van der Waals surface area contributed by atoms with Crippen molar-refractivity contribution in [3.8, 4) is 11.8 Å². The van der Waals surface area contributed by atoms with Gasteiger partial charge in [-0.05, 0) is 13.0 Å². The Balaban J connectivity index is 0.00000338. The van der Waals surface area contributed by atoms with Crippen molar-refractivity contribution in [2.24, 2.45) is 0 Å². The van der Waals surface area contributed by atoms with Gasteiger partial charge in [0.05, 0.1) is 13.2 Å². The average Bonchev–Trinajstić information content (AvgIpc) is 2.67. The molecule has 0 bridgehead atoms. The van der Waals surface area contributed by atoms with E-state index in [2.05, 4.69) is 23.7 Å². The van der Waals surface area contributed by atoms with Crippen molar-refractivity contribution >= 4 is 12.4 Å². The van der Waals surface area contributed by atoms with Crippen molar-refractivity contribution in [3.05, 3.63) is 71.8 Å². The summed E-state index contributed by atoms with van der Waals surface area (Å²) in [7, 11) is 0. The summed E-state index contributed by atoms with van der Waals surface area (Å²) in [4.78, 5) is 2.12. The predicted molar refractivity (Wildman–Crippen MR) is 109 cm³/mol. The molecule has 0 aliphatic carbocycles. The van der Waals surface area contributed by atoms with Crippen LogP contribution in [0.25, 0.3) is 0 Å². The van der Waals surface area contributed by atoms with Gasteiger partial charge in [0, 0.05) is 17.7 Å². The standard InChI is InChI=1S/C22H27NO2.ClH/c1-2-3-16-23(18-19-24)17-10-15-22(25,20-11-6-4-7-12-20)21-13-8-5-9-14-21;/h4-9,11-14,24-25H,2-3,16-19H2,1H3;1H. The molecule has 26 heavy (non-hydrogen) atoms.